The quantitative estimate of drug-likeness (QED) is 0.388. The first kappa shape index (κ1) is 18.4. The number of carbonyl (C=O) groups is 1. The highest BCUT2D eigenvalue weighted by Crippen LogP contribution is 2.23. The van der Waals surface area contributed by atoms with Gasteiger partial charge in [0, 0.05) is 35.5 Å². The van der Waals surface area contributed by atoms with Gasteiger partial charge < -0.3 is 13.9 Å². The van der Waals surface area contributed by atoms with Crippen LogP contribution < -0.4 is 15.9 Å². The van der Waals surface area contributed by atoms with Crippen molar-refractivity contribution in [3.63, 3.8) is 0 Å². The molecule has 0 spiro atoms. The molecule has 0 saturated heterocycles. The second kappa shape index (κ2) is 7.23. The molecule has 8 nitrogen and oxygen atoms in total. The van der Waals surface area contributed by atoms with Gasteiger partial charge in [-0.15, -0.1) is 0 Å². The van der Waals surface area contributed by atoms with E-state index in [-0.39, 0.29) is 17.9 Å². The zero-order valence-electron chi connectivity index (χ0n) is 15.7. The van der Waals surface area contributed by atoms with Crippen molar-refractivity contribution in [2.24, 2.45) is 7.05 Å². The molecule has 2 aromatic heterocycles. The normalized spacial score (nSPS) is 11.0. The SMILES string of the molecule is COc1ccc2c(COC(=O)c3nn(C)c(=O)c4ccccc34)cc(=O)oc2c1. The molecule has 0 radical (unpaired) electrons. The molecule has 29 heavy (non-hydrogen) atoms. The standard InChI is InChI=1S/C21H16N2O6/c1-23-20(25)16-6-4-3-5-15(16)19(22-23)21(26)28-11-12-9-18(24)29-17-10-13(27-2)7-8-14(12)17/h3-10H,11H2,1-2H3. The number of benzene rings is 2. The fourth-order valence-electron chi connectivity index (χ4n) is 3.12. The van der Waals surface area contributed by atoms with Crippen LogP contribution in [-0.2, 0) is 18.4 Å². The Bertz CT molecular complexity index is 1370. The van der Waals surface area contributed by atoms with Crippen LogP contribution in [-0.4, -0.2) is 22.9 Å². The van der Waals surface area contributed by atoms with Crippen molar-refractivity contribution in [2.75, 3.05) is 7.11 Å². The first-order valence-corrected chi connectivity index (χ1v) is 8.72. The van der Waals surface area contributed by atoms with Crippen LogP contribution in [0.5, 0.6) is 5.75 Å². The summed E-state index contributed by atoms with van der Waals surface area (Å²) in [6, 6.07) is 13.0. The fraction of sp³-hybridized carbons (Fsp3) is 0.143. The van der Waals surface area contributed by atoms with E-state index in [9.17, 15) is 14.4 Å². The number of aryl methyl sites for hydroxylation is 1. The first-order valence-electron chi connectivity index (χ1n) is 8.72. The van der Waals surface area contributed by atoms with Crippen LogP contribution in [0, 0.1) is 0 Å². The number of hydrogen-bond acceptors (Lipinski definition) is 7. The van der Waals surface area contributed by atoms with Crippen LogP contribution in [0.1, 0.15) is 16.1 Å². The summed E-state index contributed by atoms with van der Waals surface area (Å²) in [7, 11) is 2.98. The fourth-order valence-corrected chi connectivity index (χ4v) is 3.12. The molecule has 0 bridgehead atoms. The van der Waals surface area contributed by atoms with E-state index in [4.69, 9.17) is 13.9 Å². The Balaban J connectivity index is 1.69. The van der Waals surface area contributed by atoms with Gasteiger partial charge in [-0.3, -0.25) is 4.79 Å². The molecule has 4 aromatic rings. The van der Waals surface area contributed by atoms with Gasteiger partial charge in [-0.1, -0.05) is 18.2 Å². The maximum Gasteiger partial charge on any atom is 0.359 e. The van der Waals surface area contributed by atoms with Crippen molar-refractivity contribution in [3.8, 4) is 5.75 Å². The minimum Gasteiger partial charge on any atom is -0.497 e. The summed E-state index contributed by atoms with van der Waals surface area (Å²) in [4.78, 5) is 36.8. The summed E-state index contributed by atoms with van der Waals surface area (Å²) in [5, 5.41) is 5.45. The van der Waals surface area contributed by atoms with Gasteiger partial charge in [0.15, 0.2) is 5.69 Å². The highest BCUT2D eigenvalue weighted by Gasteiger charge is 2.18. The lowest BCUT2D eigenvalue weighted by atomic mass is 10.1. The van der Waals surface area contributed by atoms with Gasteiger partial charge in [0.05, 0.1) is 12.5 Å². The maximum atomic E-state index is 12.7. The second-order valence-electron chi connectivity index (χ2n) is 6.35. The maximum absolute atomic E-state index is 12.7. The van der Waals surface area contributed by atoms with E-state index < -0.39 is 11.6 Å². The number of rotatable bonds is 4. The Labute approximate surface area is 163 Å². The van der Waals surface area contributed by atoms with E-state index in [0.29, 0.717) is 33.1 Å². The van der Waals surface area contributed by atoms with Crippen molar-refractivity contribution < 1.29 is 18.7 Å². The largest absolute Gasteiger partial charge is 0.497 e. The third-order valence-electron chi connectivity index (χ3n) is 4.55. The summed E-state index contributed by atoms with van der Waals surface area (Å²) in [5.74, 6) is -0.164. The molecular weight excluding hydrogens is 376 g/mol. The van der Waals surface area contributed by atoms with Crippen LogP contribution >= 0.6 is 0 Å². The number of hydrogen-bond donors (Lipinski definition) is 0. The summed E-state index contributed by atoms with van der Waals surface area (Å²) in [5.41, 5.74) is -0.0353. The molecule has 2 heterocycles. The van der Waals surface area contributed by atoms with Gasteiger partial charge in [-0.25, -0.2) is 14.3 Å². The first-order chi connectivity index (χ1) is 14.0. The van der Waals surface area contributed by atoms with E-state index in [1.54, 1.807) is 42.5 Å². The third-order valence-corrected chi connectivity index (χ3v) is 4.55. The molecule has 8 heteroatoms. The molecule has 0 aliphatic heterocycles. The zero-order chi connectivity index (χ0) is 20.5. The topological polar surface area (TPSA) is 101 Å². The highest BCUT2D eigenvalue weighted by molar-refractivity contribution is 6.02. The lowest BCUT2D eigenvalue weighted by Crippen LogP contribution is -2.23. The summed E-state index contributed by atoms with van der Waals surface area (Å²) < 4.78 is 16.8. The average molecular weight is 392 g/mol. The lowest BCUT2D eigenvalue weighted by Gasteiger charge is -2.10. The van der Waals surface area contributed by atoms with Gasteiger partial charge in [0.25, 0.3) is 5.56 Å². The Morgan fingerprint density at radius 1 is 1.07 bits per heavy atom. The van der Waals surface area contributed by atoms with Gasteiger partial charge in [0.2, 0.25) is 0 Å². The van der Waals surface area contributed by atoms with E-state index >= 15 is 0 Å². The van der Waals surface area contributed by atoms with E-state index in [1.165, 1.54) is 20.2 Å². The number of ether oxygens (including phenoxy) is 2. The molecule has 0 saturated carbocycles. The average Bonchev–Trinajstić information content (AvgIpc) is 2.73. The van der Waals surface area contributed by atoms with Crippen molar-refractivity contribution in [3.05, 3.63) is 80.6 Å². The smallest absolute Gasteiger partial charge is 0.359 e. The van der Waals surface area contributed by atoms with Gasteiger partial charge in [0.1, 0.15) is 17.9 Å². The molecule has 0 N–H and O–H groups in total. The number of aromatic nitrogens is 2. The molecular formula is C21H16N2O6. The zero-order valence-corrected chi connectivity index (χ0v) is 15.7. The minimum absolute atomic E-state index is 0.0247. The minimum atomic E-state index is -0.702. The Morgan fingerprint density at radius 3 is 2.59 bits per heavy atom. The molecule has 146 valence electrons. The van der Waals surface area contributed by atoms with Gasteiger partial charge in [-0.2, -0.15) is 5.10 Å². The predicted molar refractivity (Wildman–Crippen MR) is 105 cm³/mol. The Morgan fingerprint density at radius 2 is 1.83 bits per heavy atom. The summed E-state index contributed by atoms with van der Waals surface area (Å²) >= 11 is 0. The van der Waals surface area contributed by atoms with Crippen LogP contribution in [0.2, 0.25) is 0 Å². The lowest BCUT2D eigenvalue weighted by molar-refractivity contribution is 0.0466. The molecule has 0 aliphatic carbocycles. The van der Waals surface area contributed by atoms with Crippen LogP contribution in [0.4, 0.5) is 0 Å². The molecule has 4 rings (SSSR count). The Kier molecular flexibility index (Phi) is 4.59. The number of esters is 1. The predicted octanol–water partition coefficient (Wildman–Crippen LogP) is 2.41. The van der Waals surface area contributed by atoms with E-state index in [0.717, 1.165) is 4.68 Å². The number of fused-ring (bicyclic) bond motifs is 2. The van der Waals surface area contributed by atoms with E-state index in [1.807, 2.05) is 0 Å². The molecule has 0 aliphatic rings. The van der Waals surface area contributed by atoms with Crippen molar-refractivity contribution in [1.29, 1.82) is 0 Å². The molecule has 0 unspecified atom stereocenters. The summed E-state index contributed by atoms with van der Waals surface area (Å²) in [6.45, 7) is -0.161. The monoisotopic (exact) mass is 392 g/mol. The Hall–Kier alpha value is -3.94. The van der Waals surface area contributed by atoms with Crippen LogP contribution in [0.15, 0.2) is 62.5 Å². The highest BCUT2D eigenvalue weighted by atomic mass is 16.5. The van der Waals surface area contributed by atoms with Crippen molar-refractivity contribution in [2.45, 2.75) is 6.61 Å². The number of nitrogens with zero attached hydrogens (tertiary/aromatic N) is 2. The van der Waals surface area contributed by atoms with Crippen LogP contribution in [0.3, 0.4) is 0 Å². The van der Waals surface area contributed by atoms with E-state index in [2.05, 4.69) is 5.10 Å². The third kappa shape index (κ3) is 3.36. The van der Waals surface area contributed by atoms with Gasteiger partial charge in [-0.05, 0) is 18.2 Å². The molecule has 2 aromatic carbocycles. The van der Waals surface area contributed by atoms with Crippen molar-refractivity contribution >= 4 is 27.7 Å². The van der Waals surface area contributed by atoms with Gasteiger partial charge >= 0.3 is 11.6 Å². The molecule has 0 atom stereocenters. The van der Waals surface area contributed by atoms with Crippen LogP contribution in [0.25, 0.3) is 21.7 Å². The summed E-state index contributed by atoms with van der Waals surface area (Å²) in [6.07, 6.45) is 0. The molecule has 0 fully saturated rings. The van der Waals surface area contributed by atoms with Crippen molar-refractivity contribution in [1.82, 2.24) is 9.78 Å². The second-order valence-corrected chi connectivity index (χ2v) is 6.35. The molecule has 0 amide bonds. The number of methoxy groups -OCH3 is 1. The number of carbonyl (C=O) groups excluding carboxylic acids is 1.